The van der Waals surface area contributed by atoms with Crippen molar-refractivity contribution >= 4 is 35.7 Å². The molecule has 1 saturated heterocycles. The predicted octanol–water partition coefficient (Wildman–Crippen LogP) is 6.32. The molecule has 3 N–H and O–H groups in total. The first-order valence-corrected chi connectivity index (χ1v) is 16.5. The first-order valence-electron chi connectivity index (χ1n) is 16.5. The molecular formula is C38H44N4O5. The Hall–Kier alpha value is -4.66. The largest absolute Gasteiger partial charge is 0.453 e. The number of benzene rings is 3. The lowest BCUT2D eigenvalue weighted by atomic mass is 9.73. The minimum absolute atomic E-state index is 0.0394. The number of nitrogens with zero attached hydrogens (tertiary/aromatic N) is 1. The molecule has 1 aliphatic heterocycles. The van der Waals surface area contributed by atoms with Gasteiger partial charge >= 0.3 is 6.09 Å². The number of rotatable bonds is 8. The van der Waals surface area contributed by atoms with Gasteiger partial charge in [-0.25, -0.2) is 4.79 Å². The summed E-state index contributed by atoms with van der Waals surface area (Å²) in [5.41, 5.74) is 11.6. The summed E-state index contributed by atoms with van der Waals surface area (Å²) in [5.74, 6) is -0.549. The van der Waals surface area contributed by atoms with Crippen LogP contribution in [-0.4, -0.2) is 55.5 Å². The van der Waals surface area contributed by atoms with E-state index >= 15 is 0 Å². The van der Waals surface area contributed by atoms with Gasteiger partial charge in [-0.3, -0.25) is 14.4 Å². The standard InChI is InChI=1S/C38H44N4O5/c1-37(2)17-15-28-32(34-27(14-16-38(34,3)4)31(33(28)37)23-9-6-11-25(19-23)40-22-43)24-10-7-12-26(20-24)41-35(45)29-13-8-18-42(29)30(44)21-39-36(46)47-5/h6-7,9-12,19-20,22,29H,8,13-18,21H2,1-5H3,(H,39,46)(H,40,43)(H,41,45). The summed E-state index contributed by atoms with van der Waals surface area (Å²) in [6.45, 7) is 9.56. The molecule has 1 fully saturated rings. The number of hydrogen-bond donors (Lipinski definition) is 3. The van der Waals surface area contributed by atoms with Crippen molar-refractivity contribution in [3.8, 4) is 22.3 Å². The van der Waals surface area contributed by atoms with E-state index < -0.39 is 12.1 Å². The van der Waals surface area contributed by atoms with E-state index in [1.54, 1.807) is 0 Å². The van der Waals surface area contributed by atoms with Crippen LogP contribution >= 0.6 is 0 Å². The topological polar surface area (TPSA) is 117 Å². The van der Waals surface area contributed by atoms with Crippen molar-refractivity contribution in [2.45, 2.75) is 83.1 Å². The summed E-state index contributed by atoms with van der Waals surface area (Å²) in [6, 6.07) is 15.7. The molecule has 9 heteroatoms. The summed E-state index contributed by atoms with van der Waals surface area (Å²) >= 11 is 0. The number of carbonyl (C=O) groups excluding carboxylic acids is 4. The highest BCUT2D eigenvalue weighted by molar-refractivity contribution is 5.99. The van der Waals surface area contributed by atoms with Gasteiger partial charge in [0.25, 0.3) is 0 Å². The highest BCUT2D eigenvalue weighted by atomic mass is 16.5. The minimum atomic E-state index is -0.684. The number of fused-ring (bicyclic) bond motifs is 2. The van der Waals surface area contributed by atoms with Crippen molar-refractivity contribution in [2.75, 3.05) is 30.8 Å². The fourth-order valence-corrected chi connectivity index (χ4v) is 8.08. The lowest BCUT2D eigenvalue weighted by molar-refractivity contribution is -0.135. The number of hydrogen-bond acceptors (Lipinski definition) is 5. The van der Waals surface area contributed by atoms with E-state index in [1.807, 2.05) is 24.3 Å². The van der Waals surface area contributed by atoms with Gasteiger partial charge in [-0.05, 0) is 118 Å². The average molecular weight is 637 g/mol. The first-order chi connectivity index (χ1) is 22.4. The molecule has 1 heterocycles. The van der Waals surface area contributed by atoms with E-state index in [0.29, 0.717) is 25.1 Å². The summed E-state index contributed by atoms with van der Waals surface area (Å²) in [5, 5.41) is 8.35. The Kier molecular flexibility index (Phi) is 8.59. The molecule has 6 rings (SSSR count). The molecule has 47 heavy (non-hydrogen) atoms. The van der Waals surface area contributed by atoms with Gasteiger partial charge in [0.15, 0.2) is 0 Å². The number of anilines is 2. The maximum absolute atomic E-state index is 13.6. The average Bonchev–Trinajstić information content (AvgIpc) is 3.75. The molecule has 246 valence electrons. The van der Waals surface area contributed by atoms with Gasteiger partial charge in [0.2, 0.25) is 18.2 Å². The minimum Gasteiger partial charge on any atom is -0.453 e. The van der Waals surface area contributed by atoms with Crippen LogP contribution < -0.4 is 16.0 Å². The van der Waals surface area contributed by atoms with Crippen LogP contribution in [0.25, 0.3) is 22.3 Å². The third-order valence-electron chi connectivity index (χ3n) is 10.3. The number of methoxy groups -OCH3 is 1. The number of ether oxygens (including phenoxy) is 1. The monoisotopic (exact) mass is 636 g/mol. The van der Waals surface area contributed by atoms with Gasteiger partial charge in [0.05, 0.1) is 7.11 Å². The second-order valence-electron chi connectivity index (χ2n) is 14.2. The second-order valence-corrected chi connectivity index (χ2v) is 14.2. The number of alkyl carbamates (subject to hydrolysis) is 1. The Bertz CT molecular complexity index is 1760. The van der Waals surface area contributed by atoms with Crippen molar-refractivity contribution in [2.24, 2.45) is 0 Å². The molecular weight excluding hydrogens is 592 g/mol. The molecule has 3 aliphatic rings. The van der Waals surface area contributed by atoms with Gasteiger partial charge in [0.1, 0.15) is 12.6 Å². The van der Waals surface area contributed by atoms with Crippen LogP contribution in [0.15, 0.2) is 48.5 Å². The fourth-order valence-electron chi connectivity index (χ4n) is 8.08. The number of carbonyl (C=O) groups is 4. The highest BCUT2D eigenvalue weighted by Gasteiger charge is 2.43. The van der Waals surface area contributed by atoms with Crippen molar-refractivity contribution < 1.29 is 23.9 Å². The first kappa shape index (κ1) is 32.3. The van der Waals surface area contributed by atoms with Gasteiger partial charge < -0.3 is 25.6 Å². The zero-order valence-electron chi connectivity index (χ0n) is 27.9. The second kappa shape index (κ2) is 12.5. The molecule has 0 saturated carbocycles. The van der Waals surface area contributed by atoms with Gasteiger partial charge in [0, 0.05) is 17.9 Å². The number of nitrogens with one attached hydrogen (secondary N) is 3. The quantitative estimate of drug-likeness (QED) is 0.250. The van der Waals surface area contributed by atoms with Crippen molar-refractivity contribution in [1.29, 1.82) is 0 Å². The van der Waals surface area contributed by atoms with Gasteiger partial charge in [-0.2, -0.15) is 0 Å². The Morgan fingerprint density at radius 1 is 0.894 bits per heavy atom. The molecule has 0 radical (unpaired) electrons. The van der Waals surface area contributed by atoms with Crippen LogP contribution in [0.2, 0.25) is 0 Å². The maximum Gasteiger partial charge on any atom is 0.407 e. The normalized spacial score (nSPS) is 18.7. The van der Waals surface area contributed by atoms with E-state index in [9.17, 15) is 19.2 Å². The maximum atomic E-state index is 13.6. The Balaban J connectivity index is 1.39. The molecule has 0 spiro atoms. The van der Waals surface area contributed by atoms with Crippen LogP contribution in [0.5, 0.6) is 0 Å². The Morgan fingerprint density at radius 3 is 2.04 bits per heavy atom. The highest BCUT2D eigenvalue weighted by Crippen LogP contribution is 2.56. The van der Waals surface area contributed by atoms with Crippen molar-refractivity contribution in [3.05, 3.63) is 70.8 Å². The summed E-state index contributed by atoms with van der Waals surface area (Å²) in [6.07, 6.45) is 5.30. The SMILES string of the molecule is COC(=O)NCC(=O)N1CCCC1C(=O)Nc1cccc(-c2c3c(c(-c4cccc(NC=O)c4)c4c2C(C)(C)CC4)C(C)(C)CC3)c1. The number of amides is 4. The lowest BCUT2D eigenvalue weighted by Gasteiger charge is -2.31. The summed E-state index contributed by atoms with van der Waals surface area (Å²) < 4.78 is 4.57. The van der Waals surface area contributed by atoms with Crippen LogP contribution in [0, 0.1) is 0 Å². The van der Waals surface area contributed by atoms with Gasteiger partial charge in [-0.15, -0.1) is 0 Å². The van der Waals surface area contributed by atoms with E-state index in [1.165, 1.54) is 45.4 Å². The molecule has 3 aromatic rings. The summed E-state index contributed by atoms with van der Waals surface area (Å²) in [4.78, 5) is 50.7. The third-order valence-corrected chi connectivity index (χ3v) is 10.3. The van der Waals surface area contributed by atoms with Gasteiger partial charge in [-0.1, -0.05) is 52.0 Å². The van der Waals surface area contributed by atoms with E-state index in [4.69, 9.17) is 0 Å². The zero-order chi connectivity index (χ0) is 33.5. The molecule has 4 amide bonds. The molecule has 9 nitrogen and oxygen atoms in total. The van der Waals surface area contributed by atoms with E-state index in [2.05, 4.69) is 72.6 Å². The molecule has 0 aromatic heterocycles. The van der Waals surface area contributed by atoms with Crippen molar-refractivity contribution in [1.82, 2.24) is 10.2 Å². The molecule has 1 unspecified atom stereocenters. The molecule has 1 atom stereocenters. The molecule has 3 aromatic carbocycles. The van der Waals surface area contributed by atoms with Crippen LogP contribution in [0.4, 0.5) is 16.2 Å². The van der Waals surface area contributed by atoms with Crippen LogP contribution in [-0.2, 0) is 42.8 Å². The van der Waals surface area contributed by atoms with Crippen LogP contribution in [0.1, 0.15) is 75.6 Å². The summed E-state index contributed by atoms with van der Waals surface area (Å²) in [7, 11) is 1.24. The number of likely N-dealkylation sites (tertiary alicyclic amines) is 1. The van der Waals surface area contributed by atoms with E-state index in [0.717, 1.165) is 48.9 Å². The third kappa shape index (κ3) is 5.99. The molecule has 0 bridgehead atoms. The Labute approximate surface area is 276 Å². The van der Waals surface area contributed by atoms with Crippen LogP contribution in [0.3, 0.4) is 0 Å². The van der Waals surface area contributed by atoms with Crippen molar-refractivity contribution in [3.63, 3.8) is 0 Å². The smallest absolute Gasteiger partial charge is 0.407 e. The Morgan fingerprint density at radius 2 is 1.47 bits per heavy atom. The predicted molar refractivity (Wildman–Crippen MR) is 183 cm³/mol. The fraction of sp³-hybridized carbons (Fsp3) is 0.421. The zero-order valence-corrected chi connectivity index (χ0v) is 27.9. The lowest BCUT2D eigenvalue weighted by Crippen LogP contribution is -2.47. The molecule has 2 aliphatic carbocycles. The van der Waals surface area contributed by atoms with E-state index in [-0.39, 0.29) is 29.2 Å².